The maximum absolute atomic E-state index is 2.76. The fourth-order valence-electron chi connectivity index (χ4n) is 12.6. The Morgan fingerprint density at radius 3 is 2.08 bits per heavy atom. The van der Waals surface area contributed by atoms with Gasteiger partial charge in [0.25, 0.3) is 0 Å². The van der Waals surface area contributed by atoms with Crippen LogP contribution in [0, 0.1) is 0 Å². The monoisotopic (exact) mass is 840 g/mol. The molecule has 4 heteroatoms. The second-order valence-electron chi connectivity index (χ2n) is 21.7. The van der Waals surface area contributed by atoms with E-state index in [-0.39, 0.29) is 23.1 Å². The highest BCUT2D eigenvalue weighted by molar-refractivity contribution is 7.26. The summed E-state index contributed by atoms with van der Waals surface area (Å²) in [6.45, 7) is 19.0. The van der Waals surface area contributed by atoms with Gasteiger partial charge < -0.3 is 9.38 Å². The lowest BCUT2D eigenvalue weighted by atomic mass is 9.43. The summed E-state index contributed by atoms with van der Waals surface area (Å²) in [5.41, 5.74) is 25.9. The number of aromatic nitrogens is 1. The maximum Gasteiger partial charge on any atom is 0.333 e. The van der Waals surface area contributed by atoms with Crippen molar-refractivity contribution < 1.29 is 0 Å². The van der Waals surface area contributed by atoms with Gasteiger partial charge in [0, 0.05) is 59.0 Å². The number of hydrogen-bond acceptors (Lipinski definition) is 2. The van der Waals surface area contributed by atoms with E-state index in [0.29, 0.717) is 0 Å². The third kappa shape index (κ3) is 4.62. The molecule has 14 rings (SSSR count). The highest BCUT2D eigenvalue weighted by Crippen LogP contribution is 2.60. The van der Waals surface area contributed by atoms with Crippen LogP contribution in [0.2, 0.25) is 0 Å². The highest BCUT2D eigenvalue weighted by Gasteiger charge is 2.50. The largest absolute Gasteiger partial charge is 0.376 e. The van der Waals surface area contributed by atoms with E-state index >= 15 is 0 Å². The Bertz CT molecular complexity index is 3750. The molecule has 308 valence electrons. The third-order valence-electron chi connectivity index (χ3n) is 15.6. The van der Waals surface area contributed by atoms with Gasteiger partial charge in [0.1, 0.15) is 0 Å². The first-order valence-corrected chi connectivity index (χ1v) is 24.0. The molecule has 2 aromatic heterocycles. The average Bonchev–Trinajstić information content (AvgIpc) is 4.00. The van der Waals surface area contributed by atoms with Gasteiger partial charge in [0.2, 0.25) is 0 Å². The number of thiophene rings is 1. The predicted molar refractivity (Wildman–Crippen MR) is 276 cm³/mol. The Morgan fingerprint density at radius 2 is 1.28 bits per heavy atom. The molecular weight excluding hydrogens is 792 g/mol. The summed E-state index contributed by atoms with van der Waals surface area (Å²) in [5.74, 6) is 0. The molecule has 0 saturated heterocycles. The third-order valence-corrected chi connectivity index (χ3v) is 16.8. The van der Waals surface area contributed by atoms with Crippen LogP contribution in [0.3, 0.4) is 0 Å². The molecule has 0 saturated carbocycles. The standard InChI is InChI=1S/C60H49BN2S/c1-58(2,3)35-21-24-37(25-22-35)63-48-28-34-27-33-15-9-10-16-38(33)41(34)30-44(48)54-55-52(40-18-11-13-19-45(40)60(55,7)8)53-43-29-36(59(4,5)6)23-26-47(43)62-49-31-42-39-17-12-14-20-50(39)64-51(42)32-46(49)61(63)56(54)57(53)62/h9-26,28-32H,27H2,1-8H3. The molecule has 4 aliphatic rings. The minimum absolute atomic E-state index is 0.00875. The van der Waals surface area contributed by atoms with Crippen LogP contribution in [-0.2, 0) is 22.7 Å². The van der Waals surface area contributed by atoms with E-state index in [1.54, 1.807) is 0 Å². The second kappa shape index (κ2) is 12.1. The summed E-state index contributed by atoms with van der Waals surface area (Å²) in [6.07, 6.45) is 0.949. The minimum atomic E-state index is -0.243. The summed E-state index contributed by atoms with van der Waals surface area (Å²) in [4.78, 5) is 2.76. The van der Waals surface area contributed by atoms with E-state index in [4.69, 9.17) is 0 Å². The van der Waals surface area contributed by atoms with Crippen molar-refractivity contribution in [1.29, 1.82) is 0 Å². The minimum Gasteiger partial charge on any atom is -0.376 e. The van der Waals surface area contributed by atoms with E-state index in [1.165, 1.54) is 137 Å². The maximum atomic E-state index is 2.76. The van der Waals surface area contributed by atoms with Crippen molar-refractivity contribution in [3.63, 3.8) is 0 Å². The smallest absolute Gasteiger partial charge is 0.333 e. The zero-order valence-corrected chi connectivity index (χ0v) is 38.7. The van der Waals surface area contributed by atoms with Gasteiger partial charge in [-0.1, -0.05) is 140 Å². The first-order valence-electron chi connectivity index (χ1n) is 23.2. The molecule has 4 heterocycles. The van der Waals surface area contributed by atoms with E-state index in [9.17, 15) is 0 Å². The van der Waals surface area contributed by atoms with Crippen LogP contribution in [-0.4, -0.2) is 11.4 Å². The van der Waals surface area contributed by atoms with Crippen LogP contribution in [0.25, 0.3) is 81.0 Å². The van der Waals surface area contributed by atoms with Crippen molar-refractivity contribution in [2.24, 2.45) is 0 Å². The van der Waals surface area contributed by atoms with Gasteiger partial charge in [-0.05, 0) is 144 Å². The van der Waals surface area contributed by atoms with Gasteiger partial charge >= 0.3 is 6.85 Å². The van der Waals surface area contributed by atoms with Crippen molar-refractivity contribution in [3.8, 4) is 39.1 Å². The summed E-state index contributed by atoms with van der Waals surface area (Å²) in [6, 6.07) is 54.8. The Morgan fingerprint density at radius 1 is 0.562 bits per heavy atom. The second-order valence-corrected chi connectivity index (χ2v) is 22.8. The van der Waals surface area contributed by atoms with Crippen LogP contribution in [0.5, 0.6) is 0 Å². The predicted octanol–water partition coefficient (Wildman–Crippen LogP) is 14.9. The number of benzene rings is 8. The van der Waals surface area contributed by atoms with Crippen LogP contribution in [0.4, 0.5) is 11.4 Å². The van der Waals surface area contributed by atoms with Crippen LogP contribution in [0.15, 0.2) is 140 Å². The lowest BCUT2D eigenvalue weighted by Gasteiger charge is -2.44. The van der Waals surface area contributed by atoms with Gasteiger partial charge in [0.15, 0.2) is 0 Å². The molecule has 0 radical (unpaired) electrons. The number of nitrogens with zero attached hydrogens (tertiary/aromatic N) is 2. The summed E-state index contributed by atoms with van der Waals surface area (Å²) in [7, 11) is 0. The lowest BCUT2D eigenvalue weighted by Crippen LogP contribution is -2.61. The van der Waals surface area contributed by atoms with Gasteiger partial charge in [-0.2, -0.15) is 0 Å². The van der Waals surface area contributed by atoms with Crippen molar-refractivity contribution in [2.75, 3.05) is 4.81 Å². The molecule has 0 atom stereocenters. The normalized spacial score (nSPS) is 15.2. The zero-order chi connectivity index (χ0) is 43.3. The van der Waals surface area contributed by atoms with Crippen molar-refractivity contribution >= 4 is 82.5 Å². The van der Waals surface area contributed by atoms with E-state index < -0.39 is 0 Å². The first kappa shape index (κ1) is 37.1. The van der Waals surface area contributed by atoms with E-state index in [2.05, 4.69) is 204 Å². The quantitative estimate of drug-likeness (QED) is 0.150. The summed E-state index contributed by atoms with van der Waals surface area (Å²) < 4.78 is 5.39. The number of anilines is 2. The SMILES string of the molecule is CC(C)(C)c1ccc(N2B3c4cc5sc6ccccc6c5cc4-n4c5ccc(C(C)(C)C)cc5c5c6c(c(c3c54)-c3cc4c(cc32)Cc2ccccc2-4)C(C)(C)c2ccccc2-6)cc1. The molecule has 0 N–H and O–H groups in total. The topological polar surface area (TPSA) is 8.17 Å². The number of rotatable bonds is 1. The molecule has 0 amide bonds. The van der Waals surface area contributed by atoms with Crippen LogP contribution >= 0.6 is 11.3 Å². The molecule has 0 spiro atoms. The van der Waals surface area contributed by atoms with Crippen molar-refractivity contribution in [2.45, 2.75) is 78.1 Å². The molecule has 64 heavy (non-hydrogen) atoms. The molecule has 8 aromatic carbocycles. The summed E-state index contributed by atoms with van der Waals surface area (Å²) in [5, 5.41) is 5.43. The van der Waals surface area contributed by atoms with Gasteiger partial charge in [-0.25, -0.2) is 0 Å². The summed E-state index contributed by atoms with van der Waals surface area (Å²) >= 11 is 1.93. The fourth-order valence-corrected chi connectivity index (χ4v) is 13.7. The van der Waals surface area contributed by atoms with Crippen molar-refractivity contribution in [1.82, 2.24) is 4.57 Å². The molecule has 2 nitrogen and oxygen atoms in total. The molecule has 2 aliphatic carbocycles. The van der Waals surface area contributed by atoms with Gasteiger partial charge in [-0.3, -0.25) is 0 Å². The lowest BCUT2D eigenvalue weighted by molar-refractivity contribution is 0.590. The molecule has 0 unspecified atom stereocenters. The molecule has 0 bridgehead atoms. The van der Waals surface area contributed by atoms with Crippen LogP contribution < -0.4 is 15.7 Å². The van der Waals surface area contributed by atoms with E-state index in [1.807, 2.05) is 11.3 Å². The van der Waals surface area contributed by atoms with Gasteiger partial charge in [0.05, 0.1) is 11.0 Å². The van der Waals surface area contributed by atoms with Crippen LogP contribution in [0.1, 0.15) is 88.8 Å². The number of hydrogen-bond donors (Lipinski definition) is 0. The molecular formula is C60H49BN2S. The zero-order valence-electron chi connectivity index (χ0n) is 37.9. The van der Waals surface area contributed by atoms with E-state index in [0.717, 1.165) is 6.42 Å². The van der Waals surface area contributed by atoms with Crippen molar-refractivity contribution in [3.05, 3.63) is 173 Å². The van der Waals surface area contributed by atoms with Gasteiger partial charge in [-0.15, -0.1) is 11.3 Å². The molecule has 2 aliphatic heterocycles. The Kier molecular flexibility index (Phi) is 6.98. The highest BCUT2D eigenvalue weighted by atomic mass is 32.1. The Labute approximate surface area is 379 Å². The fraction of sp³-hybridized carbons (Fsp3) is 0.200. The number of fused-ring (bicyclic) bond motifs is 19. The molecule has 10 aromatic rings. The molecule has 0 fully saturated rings. The average molecular weight is 841 g/mol. The Hall–Kier alpha value is -6.36. The Balaban J connectivity index is 1.23. The first-order chi connectivity index (χ1) is 30.8.